The number of amides is 2. The van der Waals surface area contributed by atoms with Gasteiger partial charge in [-0.05, 0) is 25.7 Å². The predicted molar refractivity (Wildman–Crippen MR) is 67.3 cm³/mol. The van der Waals surface area contributed by atoms with Crippen molar-refractivity contribution in [2.24, 2.45) is 5.92 Å². The highest BCUT2D eigenvalue weighted by molar-refractivity contribution is 5.77. The smallest absolute Gasteiger partial charge is 0.320 e. The predicted octanol–water partition coefficient (Wildman–Crippen LogP) is 1.55. The number of rotatable bonds is 4. The Balaban J connectivity index is 1.98. The van der Waals surface area contributed by atoms with E-state index in [2.05, 4.69) is 6.58 Å². The van der Waals surface area contributed by atoms with E-state index in [4.69, 9.17) is 5.11 Å². The Bertz CT molecular complexity index is 352. The maximum atomic E-state index is 12.3. The monoisotopic (exact) mass is 252 g/mol. The van der Waals surface area contributed by atoms with Crippen LogP contribution in [0.2, 0.25) is 0 Å². The molecule has 0 aromatic heterocycles. The molecule has 2 amide bonds. The molecule has 1 saturated carbocycles. The molecular weight excluding hydrogens is 232 g/mol. The minimum absolute atomic E-state index is 0.0247. The Morgan fingerprint density at radius 1 is 1.39 bits per heavy atom. The molecule has 1 aliphatic heterocycles. The highest BCUT2D eigenvalue weighted by Gasteiger charge is 2.36. The second-order valence-corrected chi connectivity index (χ2v) is 5.08. The van der Waals surface area contributed by atoms with E-state index in [9.17, 15) is 9.59 Å². The van der Waals surface area contributed by atoms with Gasteiger partial charge in [0.05, 0.1) is 5.92 Å². The maximum Gasteiger partial charge on any atom is 0.320 e. The first-order valence-corrected chi connectivity index (χ1v) is 6.52. The molecule has 100 valence electrons. The van der Waals surface area contributed by atoms with Gasteiger partial charge >= 0.3 is 12.0 Å². The molecule has 1 atom stereocenters. The molecule has 2 rings (SSSR count). The second-order valence-electron chi connectivity index (χ2n) is 5.08. The third kappa shape index (κ3) is 2.83. The molecule has 0 radical (unpaired) electrons. The molecule has 2 fully saturated rings. The zero-order chi connectivity index (χ0) is 13.1. The first kappa shape index (κ1) is 12.9. The Morgan fingerprint density at radius 3 is 2.67 bits per heavy atom. The number of carbonyl (C=O) groups is 2. The van der Waals surface area contributed by atoms with Gasteiger partial charge in [-0.25, -0.2) is 4.79 Å². The van der Waals surface area contributed by atoms with Gasteiger partial charge in [0.25, 0.3) is 0 Å². The summed E-state index contributed by atoms with van der Waals surface area (Å²) in [5.41, 5.74) is 0. The molecule has 1 saturated heterocycles. The number of likely N-dealkylation sites (tertiary alicyclic amines) is 1. The van der Waals surface area contributed by atoms with Crippen LogP contribution in [0.15, 0.2) is 12.7 Å². The summed E-state index contributed by atoms with van der Waals surface area (Å²) < 4.78 is 0. The van der Waals surface area contributed by atoms with Crippen LogP contribution in [-0.2, 0) is 4.79 Å². The number of carboxylic acid groups (broad SMARTS) is 1. The van der Waals surface area contributed by atoms with Crippen LogP contribution in [0.5, 0.6) is 0 Å². The summed E-state index contributed by atoms with van der Waals surface area (Å²) in [6.45, 7) is 5.24. The largest absolute Gasteiger partial charge is 0.481 e. The Kier molecular flexibility index (Phi) is 3.89. The molecule has 18 heavy (non-hydrogen) atoms. The van der Waals surface area contributed by atoms with Crippen LogP contribution < -0.4 is 0 Å². The molecular formula is C13H20N2O3. The molecule has 1 N–H and O–H groups in total. The zero-order valence-corrected chi connectivity index (χ0v) is 10.5. The first-order valence-electron chi connectivity index (χ1n) is 6.52. The average molecular weight is 252 g/mol. The lowest BCUT2D eigenvalue weighted by molar-refractivity contribution is -0.143. The minimum Gasteiger partial charge on any atom is -0.481 e. The lowest BCUT2D eigenvalue weighted by Crippen LogP contribution is -2.49. The van der Waals surface area contributed by atoms with Crippen molar-refractivity contribution in [3.63, 3.8) is 0 Å². The van der Waals surface area contributed by atoms with Crippen molar-refractivity contribution in [1.29, 1.82) is 0 Å². The number of nitrogens with zero attached hydrogens (tertiary/aromatic N) is 2. The van der Waals surface area contributed by atoms with Gasteiger partial charge in [-0.1, -0.05) is 6.08 Å². The lowest BCUT2D eigenvalue weighted by atomic mass is 9.98. The van der Waals surface area contributed by atoms with E-state index in [0.717, 1.165) is 19.3 Å². The van der Waals surface area contributed by atoms with E-state index in [1.165, 1.54) is 0 Å². The molecule has 2 aliphatic rings. The Labute approximate surface area is 107 Å². The molecule has 1 heterocycles. The molecule has 5 heteroatoms. The molecule has 0 aromatic carbocycles. The second kappa shape index (κ2) is 5.42. The summed E-state index contributed by atoms with van der Waals surface area (Å²) in [6, 6.07) is 0.309. The summed E-state index contributed by atoms with van der Waals surface area (Å²) >= 11 is 0. The van der Waals surface area contributed by atoms with Crippen molar-refractivity contribution in [1.82, 2.24) is 9.80 Å². The van der Waals surface area contributed by atoms with Crippen LogP contribution in [0.3, 0.4) is 0 Å². The van der Waals surface area contributed by atoms with Crippen LogP contribution in [0.25, 0.3) is 0 Å². The van der Waals surface area contributed by atoms with Crippen LogP contribution in [0.1, 0.15) is 25.7 Å². The highest BCUT2D eigenvalue weighted by Crippen LogP contribution is 2.28. The molecule has 0 bridgehead atoms. The fourth-order valence-corrected chi connectivity index (χ4v) is 2.44. The quantitative estimate of drug-likeness (QED) is 0.772. The van der Waals surface area contributed by atoms with Gasteiger partial charge in [0.15, 0.2) is 0 Å². The van der Waals surface area contributed by atoms with Crippen LogP contribution in [-0.4, -0.2) is 52.6 Å². The van der Waals surface area contributed by atoms with Crippen molar-refractivity contribution >= 4 is 12.0 Å². The maximum absolute atomic E-state index is 12.3. The zero-order valence-electron chi connectivity index (χ0n) is 10.5. The number of carbonyl (C=O) groups excluding carboxylic acids is 1. The third-order valence-electron chi connectivity index (χ3n) is 3.60. The number of aliphatic carboxylic acids is 1. The van der Waals surface area contributed by atoms with Crippen molar-refractivity contribution in [3.05, 3.63) is 12.7 Å². The minimum atomic E-state index is -0.797. The number of carboxylic acids is 1. The van der Waals surface area contributed by atoms with E-state index in [1.807, 2.05) is 4.90 Å². The van der Waals surface area contributed by atoms with Gasteiger partial charge in [-0.3, -0.25) is 4.79 Å². The summed E-state index contributed by atoms with van der Waals surface area (Å²) in [6.07, 6.45) is 5.28. The Hall–Kier alpha value is -1.52. The van der Waals surface area contributed by atoms with Gasteiger partial charge in [0, 0.05) is 25.7 Å². The number of piperidine rings is 1. The molecule has 0 aromatic rings. The van der Waals surface area contributed by atoms with E-state index in [0.29, 0.717) is 32.1 Å². The third-order valence-corrected chi connectivity index (χ3v) is 3.60. The average Bonchev–Trinajstić information content (AvgIpc) is 3.19. The summed E-state index contributed by atoms with van der Waals surface area (Å²) in [5, 5.41) is 9.03. The first-order chi connectivity index (χ1) is 8.63. The normalized spacial score (nSPS) is 23.6. The number of hydrogen-bond donors (Lipinski definition) is 1. The summed E-state index contributed by atoms with van der Waals surface area (Å²) in [4.78, 5) is 26.8. The topological polar surface area (TPSA) is 60.9 Å². The van der Waals surface area contributed by atoms with Gasteiger partial charge < -0.3 is 14.9 Å². The van der Waals surface area contributed by atoms with E-state index < -0.39 is 11.9 Å². The van der Waals surface area contributed by atoms with Crippen LogP contribution in [0.4, 0.5) is 4.79 Å². The Morgan fingerprint density at radius 2 is 2.11 bits per heavy atom. The fraction of sp³-hybridized carbons (Fsp3) is 0.692. The van der Waals surface area contributed by atoms with E-state index in [1.54, 1.807) is 11.0 Å². The summed E-state index contributed by atoms with van der Waals surface area (Å²) in [7, 11) is 0. The van der Waals surface area contributed by atoms with E-state index in [-0.39, 0.29) is 6.03 Å². The molecule has 1 unspecified atom stereocenters. The van der Waals surface area contributed by atoms with Crippen molar-refractivity contribution in [3.8, 4) is 0 Å². The van der Waals surface area contributed by atoms with Crippen molar-refractivity contribution in [2.75, 3.05) is 19.6 Å². The fourth-order valence-electron chi connectivity index (χ4n) is 2.44. The molecule has 1 aliphatic carbocycles. The van der Waals surface area contributed by atoms with Crippen molar-refractivity contribution in [2.45, 2.75) is 31.7 Å². The number of urea groups is 1. The highest BCUT2D eigenvalue weighted by atomic mass is 16.4. The van der Waals surface area contributed by atoms with Crippen LogP contribution in [0, 0.1) is 5.92 Å². The molecule has 0 spiro atoms. The van der Waals surface area contributed by atoms with Gasteiger partial charge in [-0.2, -0.15) is 0 Å². The van der Waals surface area contributed by atoms with Gasteiger partial charge in [-0.15, -0.1) is 6.58 Å². The number of hydrogen-bond acceptors (Lipinski definition) is 2. The van der Waals surface area contributed by atoms with Crippen LogP contribution >= 0.6 is 0 Å². The van der Waals surface area contributed by atoms with E-state index >= 15 is 0 Å². The van der Waals surface area contributed by atoms with Crippen molar-refractivity contribution < 1.29 is 14.7 Å². The van der Waals surface area contributed by atoms with Gasteiger partial charge in [0.1, 0.15) is 0 Å². The SMILES string of the molecule is C=CCN(C(=O)N1CCCC(C(=O)O)C1)C1CC1. The van der Waals surface area contributed by atoms with Gasteiger partial charge in [0.2, 0.25) is 0 Å². The lowest BCUT2D eigenvalue weighted by Gasteiger charge is -2.35. The standard InChI is InChI=1S/C13H20N2O3/c1-2-7-15(11-5-6-11)13(18)14-8-3-4-10(9-14)12(16)17/h2,10-11H,1,3-9H2,(H,16,17). The molecule has 5 nitrogen and oxygen atoms in total. The summed E-state index contributed by atoms with van der Waals surface area (Å²) in [5.74, 6) is -1.21.